The van der Waals surface area contributed by atoms with Crippen LogP contribution in [0.2, 0.25) is 0 Å². The first kappa shape index (κ1) is 21.3. The molecule has 2 N–H and O–H groups in total. The summed E-state index contributed by atoms with van der Waals surface area (Å²) in [6, 6.07) is 20.0. The maximum atomic E-state index is 13.0. The first-order valence-electron chi connectivity index (χ1n) is 10.6. The number of amides is 3. The number of fused-ring (bicyclic) bond motifs is 1. The van der Waals surface area contributed by atoms with E-state index in [1.54, 1.807) is 18.2 Å². The standard InChI is InChI=1S/C26H25N3O3/c1-16(2)15-29-25(31)20-13-10-18(14-21(20)26(29)32)24(30)28-23-7-5-4-6-22(23)27-19-11-8-17(3)9-12-19/h4-14,16,27H,15H2,1-3H3,(H,28,30). The van der Waals surface area contributed by atoms with Crippen LogP contribution in [-0.2, 0) is 0 Å². The second-order valence-electron chi connectivity index (χ2n) is 8.37. The third-order valence-corrected chi connectivity index (χ3v) is 5.29. The van der Waals surface area contributed by atoms with Gasteiger partial charge in [0.15, 0.2) is 0 Å². The second kappa shape index (κ2) is 8.67. The molecule has 0 aromatic heterocycles. The van der Waals surface area contributed by atoms with Crippen molar-refractivity contribution >= 4 is 34.8 Å². The summed E-state index contributed by atoms with van der Waals surface area (Å²) in [6.45, 7) is 6.27. The lowest BCUT2D eigenvalue weighted by Crippen LogP contribution is -2.33. The molecule has 0 radical (unpaired) electrons. The molecule has 0 unspecified atom stereocenters. The van der Waals surface area contributed by atoms with E-state index in [0.717, 1.165) is 16.9 Å². The largest absolute Gasteiger partial charge is 0.354 e. The van der Waals surface area contributed by atoms with Crippen molar-refractivity contribution in [2.45, 2.75) is 20.8 Å². The maximum absolute atomic E-state index is 13.0. The van der Waals surface area contributed by atoms with Crippen molar-refractivity contribution in [1.29, 1.82) is 0 Å². The van der Waals surface area contributed by atoms with Gasteiger partial charge in [-0.2, -0.15) is 0 Å². The first-order chi connectivity index (χ1) is 15.3. The van der Waals surface area contributed by atoms with E-state index in [1.807, 2.05) is 63.2 Å². The molecule has 32 heavy (non-hydrogen) atoms. The average molecular weight is 428 g/mol. The van der Waals surface area contributed by atoms with Gasteiger partial charge in [0.1, 0.15) is 0 Å². The van der Waals surface area contributed by atoms with Crippen LogP contribution in [-0.4, -0.2) is 29.2 Å². The van der Waals surface area contributed by atoms with E-state index < -0.39 is 0 Å². The molecule has 0 aliphatic carbocycles. The lowest BCUT2D eigenvalue weighted by atomic mass is 10.1. The lowest BCUT2D eigenvalue weighted by molar-refractivity contribution is 0.0636. The molecule has 1 heterocycles. The predicted molar refractivity (Wildman–Crippen MR) is 126 cm³/mol. The summed E-state index contributed by atoms with van der Waals surface area (Å²) in [5.41, 5.74) is 4.37. The molecule has 0 saturated heterocycles. The Morgan fingerprint density at radius 3 is 2.22 bits per heavy atom. The number of rotatable bonds is 6. The number of imide groups is 1. The molecule has 0 bridgehead atoms. The minimum absolute atomic E-state index is 0.164. The highest BCUT2D eigenvalue weighted by Gasteiger charge is 2.36. The number of para-hydroxylation sites is 2. The fourth-order valence-electron chi connectivity index (χ4n) is 3.65. The van der Waals surface area contributed by atoms with Crippen LogP contribution >= 0.6 is 0 Å². The predicted octanol–water partition coefficient (Wildman–Crippen LogP) is 5.24. The molecule has 3 aromatic rings. The number of nitrogens with zero attached hydrogens (tertiary/aromatic N) is 1. The van der Waals surface area contributed by atoms with Crippen LogP contribution in [0.15, 0.2) is 66.7 Å². The number of aryl methyl sites for hydroxylation is 1. The third kappa shape index (κ3) is 4.25. The van der Waals surface area contributed by atoms with Crippen LogP contribution in [0.3, 0.4) is 0 Å². The van der Waals surface area contributed by atoms with Gasteiger partial charge in [0.2, 0.25) is 0 Å². The lowest BCUT2D eigenvalue weighted by Gasteiger charge is -2.15. The van der Waals surface area contributed by atoms with Crippen molar-refractivity contribution in [3.05, 3.63) is 89.0 Å². The zero-order chi connectivity index (χ0) is 22.8. The van der Waals surface area contributed by atoms with Crippen molar-refractivity contribution in [1.82, 2.24) is 4.90 Å². The van der Waals surface area contributed by atoms with E-state index in [1.165, 1.54) is 11.0 Å². The molecule has 162 valence electrons. The Labute approximate surface area is 187 Å². The van der Waals surface area contributed by atoms with Crippen LogP contribution in [0, 0.1) is 12.8 Å². The molecule has 1 aliphatic rings. The van der Waals surface area contributed by atoms with Gasteiger partial charge >= 0.3 is 0 Å². The second-order valence-corrected chi connectivity index (χ2v) is 8.37. The molecule has 6 heteroatoms. The number of hydrogen-bond donors (Lipinski definition) is 2. The number of nitrogens with one attached hydrogen (secondary N) is 2. The number of anilines is 3. The Morgan fingerprint density at radius 1 is 0.875 bits per heavy atom. The molecule has 1 aliphatic heterocycles. The SMILES string of the molecule is Cc1ccc(Nc2ccccc2NC(=O)c2ccc3c(c2)C(=O)N(CC(C)C)C3=O)cc1. The van der Waals surface area contributed by atoms with Crippen LogP contribution in [0.5, 0.6) is 0 Å². The Kier molecular flexibility index (Phi) is 5.77. The molecule has 0 atom stereocenters. The van der Waals surface area contributed by atoms with Crippen molar-refractivity contribution in [3.63, 3.8) is 0 Å². The zero-order valence-corrected chi connectivity index (χ0v) is 18.3. The van der Waals surface area contributed by atoms with Crippen molar-refractivity contribution < 1.29 is 14.4 Å². The van der Waals surface area contributed by atoms with Crippen molar-refractivity contribution in [3.8, 4) is 0 Å². The van der Waals surface area contributed by atoms with E-state index in [2.05, 4.69) is 10.6 Å². The van der Waals surface area contributed by atoms with Gasteiger partial charge in [-0.1, -0.05) is 43.7 Å². The number of carbonyl (C=O) groups is 3. The first-order valence-corrected chi connectivity index (χ1v) is 10.6. The topological polar surface area (TPSA) is 78.5 Å². The third-order valence-electron chi connectivity index (χ3n) is 5.29. The van der Waals surface area contributed by atoms with Gasteiger partial charge in [-0.3, -0.25) is 19.3 Å². The zero-order valence-electron chi connectivity index (χ0n) is 18.3. The van der Waals surface area contributed by atoms with Crippen LogP contribution in [0.25, 0.3) is 0 Å². The molecule has 0 fully saturated rings. The Hall–Kier alpha value is -3.93. The minimum atomic E-state index is -0.353. The van der Waals surface area contributed by atoms with Gasteiger partial charge in [-0.25, -0.2) is 0 Å². The Balaban J connectivity index is 1.55. The van der Waals surface area contributed by atoms with Gasteiger partial charge in [0, 0.05) is 17.8 Å². The highest BCUT2D eigenvalue weighted by molar-refractivity contribution is 6.22. The van der Waals surface area contributed by atoms with E-state index in [9.17, 15) is 14.4 Å². The monoisotopic (exact) mass is 427 g/mol. The van der Waals surface area contributed by atoms with Crippen molar-refractivity contribution in [2.24, 2.45) is 5.92 Å². The minimum Gasteiger partial charge on any atom is -0.354 e. The van der Waals surface area contributed by atoms with E-state index >= 15 is 0 Å². The molecule has 4 rings (SSSR count). The fourth-order valence-corrected chi connectivity index (χ4v) is 3.65. The van der Waals surface area contributed by atoms with E-state index in [-0.39, 0.29) is 29.2 Å². The number of benzene rings is 3. The summed E-state index contributed by atoms with van der Waals surface area (Å²) in [5, 5.41) is 6.22. The molecule has 6 nitrogen and oxygen atoms in total. The highest BCUT2D eigenvalue weighted by atomic mass is 16.2. The summed E-state index contributed by atoms with van der Waals surface area (Å²) in [7, 11) is 0. The van der Waals surface area contributed by atoms with E-state index in [0.29, 0.717) is 23.4 Å². The number of hydrogen-bond acceptors (Lipinski definition) is 4. The van der Waals surface area contributed by atoms with Gasteiger partial charge in [0.25, 0.3) is 17.7 Å². The highest BCUT2D eigenvalue weighted by Crippen LogP contribution is 2.28. The fraction of sp³-hybridized carbons (Fsp3) is 0.192. The van der Waals surface area contributed by atoms with Gasteiger partial charge in [-0.15, -0.1) is 0 Å². The Morgan fingerprint density at radius 2 is 1.53 bits per heavy atom. The molecule has 3 aromatic carbocycles. The smallest absolute Gasteiger partial charge is 0.261 e. The van der Waals surface area contributed by atoms with E-state index in [4.69, 9.17) is 0 Å². The summed E-state index contributed by atoms with van der Waals surface area (Å²) >= 11 is 0. The van der Waals surface area contributed by atoms with Gasteiger partial charge < -0.3 is 10.6 Å². The van der Waals surface area contributed by atoms with Gasteiger partial charge in [-0.05, 0) is 55.3 Å². The maximum Gasteiger partial charge on any atom is 0.261 e. The molecule has 0 saturated carbocycles. The van der Waals surface area contributed by atoms with Crippen LogP contribution in [0.4, 0.5) is 17.1 Å². The van der Waals surface area contributed by atoms with Crippen molar-refractivity contribution in [2.75, 3.05) is 17.2 Å². The van der Waals surface area contributed by atoms with Gasteiger partial charge in [0.05, 0.1) is 22.5 Å². The summed E-state index contributed by atoms with van der Waals surface area (Å²) in [5.74, 6) is -0.848. The summed E-state index contributed by atoms with van der Waals surface area (Å²) in [4.78, 5) is 39.5. The Bertz CT molecular complexity index is 1200. The molecule has 3 amide bonds. The molecule has 0 spiro atoms. The molecular weight excluding hydrogens is 402 g/mol. The quantitative estimate of drug-likeness (QED) is 0.527. The summed E-state index contributed by atoms with van der Waals surface area (Å²) in [6.07, 6.45) is 0. The van der Waals surface area contributed by atoms with Crippen LogP contribution in [0.1, 0.15) is 50.5 Å². The van der Waals surface area contributed by atoms with Crippen LogP contribution < -0.4 is 10.6 Å². The number of carbonyl (C=O) groups excluding carboxylic acids is 3. The normalized spacial score (nSPS) is 12.8. The summed E-state index contributed by atoms with van der Waals surface area (Å²) < 4.78 is 0. The molecular formula is C26H25N3O3. The average Bonchev–Trinajstić information content (AvgIpc) is 3.00.